The number of aromatic nitrogens is 2. The van der Waals surface area contributed by atoms with Crippen molar-refractivity contribution in [3.63, 3.8) is 0 Å². The predicted octanol–water partition coefficient (Wildman–Crippen LogP) is 4.19. The molecule has 0 aromatic carbocycles. The van der Waals surface area contributed by atoms with Crippen molar-refractivity contribution in [2.45, 2.75) is 25.8 Å². The van der Waals surface area contributed by atoms with E-state index in [2.05, 4.69) is 26.2 Å². The number of nitrogens with zero attached hydrogens (tertiary/aromatic N) is 2. The standard InChI is InChI=1S/C14H13BrClN3O/c1-8-4-10(6-17-13(8)15)18-14(20)12-5-9(16)7-19(12)11-2-3-11/h4-7,11H,2-3H2,1H3,(H,18,20). The molecule has 0 unspecified atom stereocenters. The van der Waals surface area contributed by atoms with Crippen LogP contribution in [0.25, 0.3) is 0 Å². The molecule has 1 aliphatic carbocycles. The lowest BCUT2D eigenvalue weighted by molar-refractivity contribution is 0.101. The highest BCUT2D eigenvalue weighted by atomic mass is 79.9. The van der Waals surface area contributed by atoms with E-state index in [4.69, 9.17) is 11.6 Å². The van der Waals surface area contributed by atoms with Crippen LogP contribution in [0.1, 0.15) is 34.9 Å². The number of carbonyl (C=O) groups is 1. The van der Waals surface area contributed by atoms with Gasteiger partial charge in [-0.25, -0.2) is 4.98 Å². The fourth-order valence-corrected chi connectivity index (χ4v) is 2.53. The summed E-state index contributed by atoms with van der Waals surface area (Å²) in [5, 5.41) is 3.45. The van der Waals surface area contributed by atoms with Crippen LogP contribution in [0.5, 0.6) is 0 Å². The van der Waals surface area contributed by atoms with Crippen LogP contribution in [0.4, 0.5) is 5.69 Å². The van der Waals surface area contributed by atoms with Crippen molar-refractivity contribution in [2.24, 2.45) is 0 Å². The molecule has 104 valence electrons. The Morgan fingerprint density at radius 1 is 1.50 bits per heavy atom. The molecule has 1 N–H and O–H groups in total. The van der Waals surface area contributed by atoms with Gasteiger partial charge in [-0.05, 0) is 53.4 Å². The van der Waals surface area contributed by atoms with E-state index in [0.29, 0.717) is 22.4 Å². The first kappa shape index (κ1) is 13.6. The van der Waals surface area contributed by atoms with Gasteiger partial charge in [0.1, 0.15) is 10.3 Å². The van der Waals surface area contributed by atoms with Gasteiger partial charge in [-0.3, -0.25) is 4.79 Å². The van der Waals surface area contributed by atoms with E-state index in [9.17, 15) is 4.79 Å². The lowest BCUT2D eigenvalue weighted by Crippen LogP contribution is -2.16. The Hall–Kier alpha value is -1.33. The number of nitrogens with one attached hydrogen (secondary N) is 1. The molecule has 1 saturated carbocycles. The number of pyridine rings is 1. The Labute approximate surface area is 130 Å². The normalized spacial score (nSPS) is 14.3. The van der Waals surface area contributed by atoms with E-state index in [-0.39, 0.29) is 5.91 Å². The van der Waals surface area contributed by atoms with Gasteiger partial charge in [-0.2, -0.15) is 0 Å². The van der Waals surface area contributed by atoms with Crippen LogP contribution in [0, 0.1) is 6.92 Å². The van der Waals surface area contributed by atoms with Crippen molar-refractivity contribution in [3.8, 4) is 0 Å². The highest BCUT2D eigenvalue weighted by Crippen LogP contribution is 2.37. The van der Waals surface area contributed by atoms with Crippen molar-refractivity contribution in [2.75, 3.05) is 5.32 Å². The maximum absolute atomic E-state index is 12.3. The molecule has 0 aliphatic heterocycles. The zero-order valence-electron chi connectivity index (χ0n) is 10.9. The third kappa shape index (κ3) is 2.74. The zero-order valence-corrected chi connectivity index (χ0v) is 13.2. The van der Waals surface area contributed by atoms with Gasteiger partial charge in [0.15, 0.2) is 0 Å². The van der Waals surface area contributed by atoms with Gasteiger partial charge in [0.25, 0.3) is 5.91 Å². The van der Waals surface area contributed by atoms with Crippen molar-refractivity contribution < 1.29 is 4.79 Å². The number of carbonyl (C=O) groups excluding carboxylic acids is 1. The van der Waals surface area contributed by atoms with Gasteiger partial charge in [-0.1, -0.05) is 11.6 Å². The number of amides is 1. The number of hydrogen-bond donors (Lipinski definition) is 1. The highest BCUT2D eigenvalue weighted by molar-refractivity contribution is 9.10. The van der Waals surface area contributed by atoms with E-state index in [1.807, 2.05) is 23.8 Å². The van der Waals surface area contributed by atoms with Gasteiger partial charge in [0.05, 0.1) is 16.9 Å². The molecule has 4 nitrogen and oxygen atoms in total. The molecule has 2 heterocycles. The molecular weight excluding hydrogens is 342 g/mol. The van der Waals surface area contributed by atoms with Crippen molar-refractivity contribution in [1.29, 1.82) is 0 Å². The first-order valence-electron chi connectivity index (χ1n) is 6.35. The van der Waals surface area contributed by atoms with Gasteiger partial charge in [0.2, 0.25) is 0 Å². The van der Waals surface area contributed by atoms with E-state index < -0.39 is 0 Å². The summed E-state index contributed by atoms with van der Waals surface area (Å²) in [5.74, 6) is -0.160. The minimum Gasteiger partial charge on any atom is -0.339 e. The van der Waals surface area contributed by atoms with Gasteiger partial charge < -0.3 is 9.88 Å². The van der Waals surface area contributed by atoms with Crippen LogP contribution in [-0.4, -0.2) is 15.5 Å². The monoisotopic (exact) mass is 353 g/mol. The van der Waals surface area contributed by atoms with Crippen molar-refractivity contribution >= 4 is 39.1 Å². The second-order valence-electron chi connectivity index (χ2n) is 4.97. The molecule has 1 fully saturated rings. The number of hydrogen-bond acceptors (Lipinski definition) is 2. The summed E-state index contributed by atoms with van der Waals surface area (Å²) < 4.78 is 2.73. The molecule has 0 bridgehead atoms. The van der Waals surface area contributed by atoms with E-state index in [1.54, 1.807) is 12.3 Å². The molecule has 6 heteroatoms. The average molecular weight is 355 g/mol. The first-order chi connectivity index (χ1) is 9.54. The van der Waals surface area contributed by atoms with Gasteiger partial charge in [0, 0.05) is 12.2 Å². The van der Waals surface area contributed by atoms with Crippen molar-refractivity contribution in [3.05, 3.63) is 45.4 Å². The second-order valence-corrected chi connectivity index (χ2v) is 6.16. The van der Waals surface area contributed by atoms with Crippen molar-refractivity contribution in [1.82, 2.24) is 9.55 Å². The van der Waals surface area contributed by atoms with Gasteiger partial charge >= 0.3 is 0 Å². The Morgan fingerprint density at radius 3 is 2.90 bits per heavy atom. The lowest BCUT2D eigenvalue weighted by Gasteiger charge is -2.09. The van der Waals surface area contributed by atoms with Crippen LogP contribution in [0.15, 0.2) is 29.1 Å². The van der Waals surface area contributed by atoms with E-state index >= 15 is 0 Å². The highest BCUT2D eigenvalue weighted by Gasteiger charge is 2.27. The molecule has 0 atom stereocenters. The van der Waals surface area contributed by atoms with Crippen LogP contribution >= 0.6 is 27.5 Å². The van der Waals surface area contributed by atoms with E-state index in [0.717, 1.165) is 23.0 Å². The average Bonchev–Trinajstić information content (AvgIpc) is 3.17. The Balaban J connectivity index is 1.84. The molecule has 0 spiro atoms. The molecule has 2 aromatic heterocycles. The summed E-state index contributed by atoms with van der Waals surface area (Å²) in [6.07, 6.45) is 5.65. The molecule has 1 amide bonds. The Morgan fingerprint density at radius 2 is 2.25 bits per heavy atom. The number of rotatable bonds is 3. The number of halogens is 2. The third-order valence-corrected chi connectivity index (χ3v) is 4.30. The maximum Gasteiger partial charge on any atom is 0.272 e. The summed E-state index contributed by atoms with van der Waals surface area (Å²) in [4.78, 5) is 16.5. The summed E-state index contributed by atoms with van der Waals surface area (Å²) in [5.41, 5.74) is 2.24. The summed E-state index contributed by atoms with van der Waals surface area (Å²) in [7, 11) is 0. The molecule has 1 aliphatic rings. The summed E-state index contributed by atoms with van der Waals surface area (Å²) in [6.45, 7) is 1.93. The molecule has 3 rings (SSSR count). The fourth-order valence-electron chi connectivity index (χ4n) is 2.10. The smallest absolute Gasteiger partial charge is 0.272 e. The SMILES string of the molecule is Cc1cc(NC(=O)c2cc(Cl)cn2C2CC2)cnc1Br. The maximum atomic E-state index is 12.3. The second kappa shape index (κ2) is 5.22. The first-order valence-corrected chi connectivity index (χ1v) is 7.52. The minimum atomic E-state index is -0.160. The molecule has 20 heavy (non-hydrogen) atoms. The largest absolute Gasteiger partial charge is 0.339 e. The predicted molar refractivity (Wildman–Crippen MR) is 82.3 cm³/mol. The molecule has 0 radical (unpaired) electrons. The zero-order chi connectivity index (χ0) is 14.3. The third-order valence-electron chi connectivity index (χ3n) is 3.26. The summed E-state index contributed by atoms with van der Waals surface area (Å²) in [6, 6.07) is 3.99. The van der Waals surface area contributed by atoms with Crippen LogP contribution in [-0.2, 0) is 0 Å². The lowest BCUT2D eigenvalue weighted by atomic mass is 10.3. The quantitative estimate of drug-likeness (QED) is 0.840. The Kier molecular flexibility index (Phi) is 3.56. The van der Waals surface area contributed by atoms with Crippen LogP contribution in [0.3, 0.4) is 0 Å². The minimum absolute atomic E-state index is 0.160. The van der Waals surface area contributed by atoms with Crippen LogP contribution < -0.4 is 5.32 Å². The fraction of sp³-hybridized carbons (Fsp3) is 0.286. The summed E-state index contributed by atoms with van der Waals surface area (Å²) >= 11 is 9.35. The topological polar surface area (TPSA) is 46.9 Å². The Bertz CT molecular complexity index is 679. The van der Waals surface area contributed by atoms with Gasteiger partial charge in [-0.15, -0.1) is 0 Å². The van der Waals surface area contributed by atoms with Crippen LogP contribution in [0.2, 0.25) is 5.02 Å². The molecule has 2 aromatic rings. The molecular formula is C14H13BrClN3O. The molecule has 0 saturated heterocycles. The number of aryl methyl sites for hydroxylation is 1. The van der Waals surface area contributed by atoms with E-state index in [1.165, 1.54) is 0 Å². The number of anilines is 1.